The van der Waals surface area contributed by atoms with Crippen LogP contribution in [-0.4, -0.2) is 42.3 Å². The van der Waals surface area contributed by atoms with Crippen molar-refractivity contribution in [3.63, 3.8) is 0 Å². The summed E-state index contributed by atoms with van der Waals surface area (Å²) in [6, 6.07) is 0.960. The topological polar surface area (TPSA) is 50.3 Å². The van der Waals surface area contributed by atoms with E-state index in [2.05, 4.69) is 48.0 Å². The second kappa shape index (κ2) is 6.99. The zero-order valence-corrected chi connectivity index (χ0v) is 13.0. The van der Waals surface area contributed by atoms with E-state index in [-0.39, 0.29) is 0 Å². The zero-order chi connectivity index (χ0) is 14.5. The van der Waals surface area contributed by atoms with Gasteiger partial charge in [0.05, 0.1) is 0 Å². The van der Waals surface area contributed by atoms with Crippen molar-refractivity contribution in [3.8, 4) is 0 Å². The Kier molecular flexibility index (Phi) is 5.31. The van der Waals surface area contributed by atoms with Gasteiger partial charge in [0.1, 0.15) is 0 Å². The summed E-state index contributed by atoms with van der Waals surface area (Å²) >= 11 is 0. The van der Waals surface area contributed by atoms with E-state index in [4.69, 9.17) is 4.74 Å². The molecule has 0 amide bonds. The molecule has 2 heterocycles. The van der Waals surface area contributed by atoms with Crippen molar-refractivity contribution in [2.45, 2.75) is 52.2 Å². The fourth-order valence-electron chi connectivity index (χ4n) is 2.37. The quantitative estimate of drug-likeness (QED) is 0.891. The minimum absolute atomic E-state index is 0.471. The summed E-state index contributed by atoms with van der Waals surface area (Å²) < 4.78 is 5.41. The van der Waals surface area contributed by atoms with Gasteiger partial charge in [0.25, 0.3) is 0 Å². The molecule has 1 aromatic rings. The summed E-state index contributed by atoms with van der Waals surface area (Å²) in [5.41, 5.74) is 2.23. The summed E-state index contributed by atoms with van der Waals surface area (Å²) in [4.78, 5) is 11.4. The Hall–Kier alpha value is -1.20. The second-order valence-corrected chi connectivity index (χ2v) is 5.77. The van der Waals surface area contributed by atoms with Crippen LogP contribution < -0.4 is 10.2 Å². The third-order valence-electron chi connectivity index (χ3n) is 3.82. The van der Waals surface area contributed by atoms with Crippen LogP contribution in [-0.2, 0) is 11.3 Å². The standard InChI is InChI=1S/C15H26N4O/c1-11(2)16-9-13-10-17-15(18-12(13)3)19(4)14-5-7-20-8-6-14/h10-11,14,16H,5-9H2,1-4H3. The normalized spacial score (nSPS) is 16.6. The summed E-state index contributed by atoms with van der Waals surface area (Å²) in [5.74, 6) is 0.822. The highest BCUT2D eigenvalue weighted by atomic mass is 16.5. The lowest BCUT2D eigenvalue weighted by atomic mass is 10.1. The van der Waals surface area contributed by atoms with Crippen molar-refractivity contribution < 1.29 is 4.74 Å². The fraction of sp³-hybridized carbons (Fsp3) is 0.733. The Bertz CT molecular complexity index is 430. The van der Waals surface area contributed by atoms with Crippen LogP contribution in [0.15, 0.2) is 6.20 Å². The molecule has 1 saturated heterocycles. The molecule has 20 heavy (non-hydrogen) atoms. The van der Waals surface area contributed by atoms with Crippen LogP contribution in [0.3, 0.4) is 0 Å². The maximum atomic E-state index is 5.41. The molecule has 0 unspecified atom stereocenters. The lowest BCUT2D eigenvalue weighted by Crippen LogP contribution is -2.37. The second-order valence-electron chi connectivity index (χ2n) is 5.77. The predicted octanol–water partition coefficient (Wildman–Crippen LogP) is 1.90. The van der Waals surface area contributed by atoms with E-state index in [1.54, 1.807) is 0 Å². The number of rotatable bonds is 5. The van der Waals surface area contributed by atoms with Gasteiger partial charge in [-0.3, -0.25) is 0 Å². The van der Waals surface area contributed by atoms with Gasteiger partial charge in [0.2, 0.25) is 5.95 Å². The molecule has 0 atom stereocenters. The van der Waals surface area contributed by atoms with Crippen LogP contribution in [0.4, 0.5) is 5.95 Å². The molecule has 1 aliphatic rings. The third-order valence-corrected chi connectivity index (χ3v) is 3.82. The maximum absolute atomic E-state index is 5.41. The first-order chi connectivity index (χ1) is 9.58. The minimum Gasteiger partial charge on any atom is -0.381 e. The average Bonchev–Trinajstić information content (AvgIpc) is 2.46. The third kappa shape index (κ3) is 3.90. The Morgan fingerprint density at radius 3 is 2.70 bits per heavy atom. The molecule has 1 aliphatic heterocycles. The molecule has 5 nitrogen and oxygen atoms in total. The van der Waals surface area contributed by atoms with Gasteiger partial charge < -0.3 is 15.0 Å². The highest BCUT2D eigenvalue weighted by Gasteiger charge is 2.20. The molecule has 1 aromatic heterocycles. The first-order valence-electron chi connectivity index (χ1n) is 7.44. The summed E-state index contributed by atoms with van der Waals surface area (Å²) in [6.07, 6.45) is 4.05. The number of aryl methyl sites for hydroxylation is 1. The lowest BCUT2D eigenvalue weighted by molar-refractivity contribution is 0.0852. The number of hydrogen-bond acceptors (Lipinski definition) is 5. The zero-order valence-electron chi connectivity index (χ0n) is 13.0. The van der Waals surface area contributed by atoms with E-state index < -0.39 is 0 Å². The summed E-state index contributed by atoms with van der Waals surface area (Å²) in [6.45, 7) is 8.84. The highest BCUT2D eigenvalue weighted by molar-refractivity contribution is 5.33. The number of anilines is 1. The monoisotopic (exact) mass is 278 g/mol. The maximum Gasteiger partial charge on any atom is 0.225 e. The van der Waals surface area contributed by atoms with Crippen molar-refractivity contribution >= 4 is 5.95 Å². The molecule has 5 heteroatoms. The van der Waals surface area contributed by atoms with E-state index in [0.29, 0.717) is 12.1 Å². The molecule has 0 spiro atoms. The van der Waals surface area contributed by atoms with Gasteiger partial charge >= 0.3 is 0 Å². The van der Waals surface area contributed by atoms with Crippen LogP contribution in [0.25, 0.3) is 0 Å². The molecule has 112 valence electrons. The van der Waals surface area contributed by atoms with Crippen LogP contribution >= 0.6 is 0 Å². The predicted molar refractivity (Wildman–Crippen MR) is 81.0 cm³/mol. The number of hydrogen-bond donors (Lipinski definition) is 1. The minimum atomic E-state index is 0.471. The van der Waals surface area contributed by atoms with Crippen molar-refractivity contribution in [1.29, 1.82) is 0 Å². The Balaban J connectivity index is 2.03. The van der Waals surface area contributed by atoms with Gasteiger partial charge in [-0.2, -0.15) is 0 Å². The fourth-order valence-corrected chi connectivity index (χ4v) is 2.37. The van der Waals surface area contributed by atoms with Crippen molar-refractivity contribution in [1.82, 2.24) is 15.3 Å². The van der Waals surface area contributed by atoms with Crippen molar-refractivity contribution in [3.05, 3.63) is 17.5 Å². The van der Waals surface area contributed by atoms with E-state index in [1.165, 1.54) is 5.56 Å². The largest absolute Gasteiger partial charge is 0.381 e. The van der Waals surface area contributed by atoms with Crippen molar-refractivity contribution in [2.75, 3.05) is 25.2 Å². The molecule has 1 N–H and O–H groups in total. The number of nitrogens with zero attached hydrogens (tertiary/aromatic N) is 3. The number of ether oxygens (including phenoxy) is 1. The Morgan fingerprint density at radius 1 is 1.40 bits per heavy atom. The van der Waals surface area contributed by atoms with E-state index in [1.807, 2.05) is 6.20 Å². The molecule has 0 bridgehead atoms. The molecular weight excluding hydrogens is 252 g/mol. The Labute approximate surface area is 121 Å². The SMILES string of the molecule is Cc1nc(N(C)C2CCOCC2)ncc1CNC(C)C. The molecule has 0 aliphatic carbocycles. The van der Waals surface area contributed by atoms with Gasteiger partial charge in [0.15, 0.2) is 0 Å². The number of nitrogens with one attached hydrogen (secondary N) is 1. The van der Waals surface area contributed by atoms with E-state index in [0.717, 1.165) is 44.2 Å². The number of aromatic nitrogens is 2. The molecular formula is C15H26N4O. The first kappa shape index (κ1) is 15.2. The van der Waals surface area contributed by atoms with Crippen LogP contribution in [0, 0.1) is 6.92 Å². The van der Waals surface area contributed by atoms with Gasteiger partial charge in [-0.1, -0.05) is 13.8 Å². The first-order valence-corrected chi connectivity index (χ1v) is 7.44. The van der Waals surface area contributed by atoms with Gasteiger partial charge in [0, 0.05) is 56.3 Å². The molecule has 0 aromatic carbocycles. The molecule has 2 rings (SSSR count). The molecule has 1 fully saturated rings. The van der Waals surface area contributed by atoms with E-state index >= 15 is 0 Å². The van der Waals surface area contributed by atoms with Gasteiger partial charge in [-0.15, -0.1) is 0 Å². The summed E-state index contributed by atoms with van der Waals surface area (Å²) in [5, 5.41) is 3.40. The highest BCUT2D eigenvalue weighted by Crippen LogP contribution is 2.18. The van der Waals surface area contributed by atoms with Gasteiger partial charge in [-0.25, -0.2) is 9.97 Å². The van der Waals surface area contributed by atoms with Crippen LogP contribution in [0.1, 0.15) is 37.9 Å². The lowest BCUT2D eigenvalue weighted by Gasteiger charge is -2.31. The van der Waals surface area contributed by atoms with Crippen LogP contribution in [0.2, 0.25) is 0 Å². The van der Waals surface area contributed by atoms with Crippen LogP contribution in [0.5, 0.6) is 0 Å². The van der Waals surface area contributed by atoms with Gasteiger partial charge in [-0.05, 0) is 19.8 Å². The summed E-state index contributed by atoms with van der Waals surface area (Å²) in [7, 11) is 2.08. The van der Waals surface area contributed by atoms with E-state index in [9.17, 15) is 0 Å². The molecule has 0 radical (unpaired) electrons. The smallest absolute Gasteiger partial charge is 0.225 e. The molecule has 0 saturated carbocycles. The Morgan fingerprint density at radius 2 is 2.10 bits per heavy atom. The average molecular weight is 278 g/mol. The van der Waals surface area contributed by atoms with Crippen molar-refractivity contribution in [2.24, 2.45) is 0 Å².